The number of hydrogen-bond donors (Lipinski definition) is 2. The second kappa shape index (κ2) is 9.86. The van der Waals surface area contributed by atoms with Gasteiger partial charge in [-0.25, -0.2) is 0 Å². The molecule has 0 radical (unpaired) electrons. The Bertz CT molecular complexity index is 170. The van der Waals surface area contributed by atoms with E-state index >= 15 is 0 Å². The second-order valence-electron chi connectivity index (χ2n) is 5.17. The summed E-state index contributed by atoms with van der Waals surface area (Å²) >= 11 is 0. The van der Waals surface area contributed by atoms with E-state index in [-0.39, 0.29) is 0 Å². The zero-order chi connectivity index (χ0) is 12.3. The predicted octanol–water partition coefficient (Wildman–Crippen LogP) is 2.31. The highest BCUT2D eigenvalue weighted by Gasteiger charge is 2.12. The van der Waals surface area contributed by atoms with Crippen molar-refractivity contribution < 1.29 is 4.74 Å². The lowest BCUT2D eigenvalue weighted by molar-refractivity contribution is 0.0316. The Labute approximate surface area is 107 Å². The molecule has 0 aromatic heterocycles. The van der Waals surface area contributed by atoms with Crippen LogP contribution in [0.15, 0.2) is 0 Å². The third-order valence-corrected chi connectivity index (χ3v) is 3.44. The Hall–Kier alpha value is -0.120. The summed E-state index contributed by atoms with van der Waals surface area (Å²) in [6.45, 7) is 8.78. The smallest absolute Gasteiger partial charge is 0.0599 e. The third kappa shape index (κ3) is 7.74. The van der Waals surface area contributed by atoms with Crippen LogP contribution in [0.5, 0.6) is 0 Å². The van der Waals surface area contributed by atoms with Crippen LogP contribution in [0.2, 0.25) is 0 Å². The van der Waals surface area contributed by atoms with Gasteiger partial charge < -0.3 is 15.4 Å². The van der Waals surface area contributed by atoms with Crippen LogP contribution in [-0.4, -0.2) is 38.4 Å². The van der Waals surface area contributed by atoms with Gasteiger partial charge in [0.25, 0.3) is 0 Å². The van der Waals surface area contributed by atoms with Gasteiger partial charge in [-0.1, -0.05) is 19.8 Å². The van der Waals surface area contributed by atoms with Crippen molar-refractivity contribution in [2.75, 3.05) is 26.2 Å². The molecule has 1 heterocycles. The molecule has 2 N–H and O–H groups in total. The van der Waals surface area contributed by atoms with Gasteiger partial charge in [0.2, 0.25) is 0 Å². The minimum Gasteiger partial charge on any atom is -0.378 e. The summed E-state index contributed by atoms with van der Waals surface area (Å²) in [4.78, 5) is 0. The number of unbranched alkanes of at least 4 members (excludes halogenated alkanes) is 1. The second-order valence-corrected chi connectivity index (χ2v) is 5.17. The van der Waals surface area contributed by atoms with Crippen molar-refractivity contribution >= 4 is 0 Å². The molecule has 1 rings (SSSR count). The molecule has 0 spiro atoms. The van der Waals surface area contributed by atoms with E-state index in [1.165, 1.54) is 32.1 Å². The van der Waals surface area contributed by atoms with Crippen molar-refractivity contribution in [1.29, 1.82) is 0 Å². The molecule has 0 amide bonds. The van der Waals surface area contributed by atoms with Crippen molar-refractivity contribution in [3.05, 3.63) is 0 Å². The standard InChI is InChI=1S/C14H30N2O/c1-3-4-6-13(2)16-9-5-12-17-14-7-10-15-11-8-14/h13-16H,3-12H2,1-2H3. The molecular formula is C14H30N2O. The van der Waals surface area contributed by atoms with Gasteiger partial charge >= 0.3 is 0 Å². The SMILES string of the molecule is CCCCC(C)NCCCOC1CCNCC1. The average molecular weight is 242 g/mol. The molecule has 17 heavy (non-hydrogen) atoms. The van der Waals surface area contributed by atoms with Gasteiger partial charge in [0.1, 0.15) is 0 Å². The Morgan fingerprint density at radius 2 is 2.06 bits per heavy atom. The Morgan fingerprint density at radius 3 is 2.76 bits per heavy atom. The van der Waals surface area contributed by atoms with Crippen LogP contribution in [0, 0.1) is 0 Å². The normalized spacial score (nSPS) is 19.4. The third-order valence-electron chi connectivity index (χ3n) is 3.44. The summed E-state index contributed by atoms with van der Waals surface area (Å²) in [6.07, 6.45) is 7.94. The van der Waals surface area contributed by atoms with Gasteiger partial charge in [-0.15, -0.1) is 0 Å². The number of rotatable bonds is 9. The first kappa shape index (κ1) is 14.9. The monoisotopic (exact) mass is 242 g/mol. The van der Waals surface area contributed by atoms with Crippen LogP contribution in [0.3, 0.4) is 0 Å². The highest BCUT2D eigenvalue weighted by molar-refractivity contribution is 4.68. The molecular weight excluding hydrogens is 212 g/mol. The zero-order valence-corrected chi connectivity index (χ0v) is 11.6. The highest BCUT2D eigenvalue weighted by atomic mass is 16.5. The lowest BCUT2D eigenvalue weighted by Gasteiger charge is -2.23. The van der Waals surface area contributed by atoms with Crippen LogP contribution in [-0.2, 0) is 4.74 Å². The van der Waals surface area contributed by atoms with Gasteiger partial charge in [-0.3, -0.25) is 0 Å². The first-order valence-electron chi connectivity index (χ1n) is 7.38. The maximum absolute atomic E-state index is 5.87. The molecule has 1 aliphatic rings. The fourth-order valence-electron chi connectivity index (χ4n) is 2.25. The summed E-state index contributed by atoms with van der Waals surface area (Å²) in [5.41, 5.74) is 0. The van der Waals surface area contributed by atoms with Gasteiger partial charge in [0, 0.05) is 12.6 Å². The lowest BCUT2D eigenvalue weighted by Crippen LogP contribution is -2.33. The molecule has 102 valence electrons. The molecule has 3 heteroatoms. The fraction of sp³-hybridized carbons (Fsp3) is 1.00. The van der Waals surface area contributed by atoms with Crippen molar-refractivity contribution in [2.24, 2.45) is 0 Å². The van der Waals surface area contributed by atoms with E-state index in [0.717, 1.165) is 32.7 Å². The van der Waals surface area contributed by atoms with E-state index < -0.39 is 0 Å². The Balaban J connectivity index is 1.86. The number of piperidine rings is 1. The van der Waals surface area contributed by atoms with E-state index in [4.69, 9.17) is 4.74 Å². The minimum absolute atomic E-state index is 0.508. The molecule has 1 atom stereocenters. The molecule has 3 nitrogen and oxygen atoms in total. The van der Waals surface area contributed by atoms with E-state index in [0.29, 0.717) is 12.1 Å². The van der Waals surface area contributed by atoms with E-state index in [2.05, 4.69) is 24.5 Å². The summed E-state index contributed by atoms with van der Waals surface area (Å²) in [5.74, 6) is 0. The molecule has 0 saturated carbocycles. The molecule has 1 unspecified atom stereocenters. The summed E-state index contributed by atoms with van der Waals surface area (Å²) in [5, 5.41) is 6.92. The first-order chi connectivity index (χ1) is 8.33. The molecule has 1 aliphatic heterocycles. The van der Waals surface area contributed by atoms with Gasteiger partial charge in [-0.05, 0) is 52.2 Å². The molecule has 0 aromatic rings. The highest BCUT2D eigenvalue weighted by Crippen LogP contribution is 2.07. The summed E-state index contributed by atoms with van der Waals surface area (Å²) in [7, 11) is 0. The van der Waals surface area contributed by atoms with Crippen molar-refractivity contribution in [3.8, 4) is 0 Å². The predicted molar refractivity (Wildman–Crippen MR) is 73.5 cm³/mol. The maximum atomic E-state index is 5.87. The Kier molecular flexibility index (Phi) is 8.67. The maximum Gasteiger partial charge on any atom is 0.0599 e. The number of nitrogens with one attached hydrogen (secondary N) is 2. The van der Waals surface area contributed by atoms with Crippen LogP contribution < -0.4 is 10.6 Å². The van der Waals surface area contributed by atoms with E-state index in [9.17, 15) is 0 Å². The summed E-state index contributed by atoms with van der Waals surface area (Å²) in [6, 6.07) is 0.661. The number of ether oxygens (including phenoxy) is 1. The molecule has 1 fully saturated rings. The van der Waals surface area contributed by atoms with E-state index in [1.54, 1.807) is 0 Å². The lowest BCUT2D eigenvalue weighted by atomic mass is 10.1. The van der Waals surface area contributed by atoms with E-state index in [1.807, 2.05) is 0 Å². The molecule has 0 aromatic carbocycles. The molecule has 0 bridgehead atoms. The summed E-state index contributed by atoms with van der Waals surface area (Å²) < 4.78 is 5.87. The van der Waals surface area contributed by atoms with Crippen LogP contribution in [0.1, 0.15) is 52.4 Å². The minimum atomic E-state index is 0.508. The molecule has 1 saturated heterocycles. The van der Waals surface area contributed by atoms with Crippen molar-refractivity contribution in [1.82, 2.24) is 10.6 Å². The fourth-order valence-corrected chi connectivity index (χ4v) is 2.25. The van der Waals surface area contributed by atoms with Gasteiger partial charge in [0.15, 0.2) is 0 Å². The van der Waals surface area contributed by atoms with Crippen molar-refractivity contribution in [2.45, 2.75) is 64.5 Å². The Morgan fingerprint density at radius 1 is 1.29 bits per heavy atom. The topological polar surface area (TPSA) is 33.3 Å². The van der Waals surface area contributed by atoms with Gasteiger partial charge in [-0.2, -0.15) is 0 Å². The zero-order valence-electron chi connectivity index (χ0n) is 11.6. The van der Waals surface area contributed by atoms with Crippen LogP contribution in [0.25, 0.3) is 0 Å². The average Bonchev–Trinajstić information content (AvgIpc) is 2.37. The van der Waals surface area contributed by atoms with Crippen molar-refractivity contribution in [3.63, 3.8) is 0 Å². The number of hydrogen-bond acceptors (Lipinski definition) is 3. The van der Waals surface area contributed by atoms with Crippen LogP contribution >= 0.6 is 0 Å². The van der Waals surface area contributed by atoms with Gasteiger partial charge in [0.05, 0.1) is 6.10 Å². The molecule has 0 aliphatic carbocycles. The largest absolute Gasteiger partial charge is 0.378 e. The first-order valence-corrected chi connectivity index (χ1v) is 7.38. The quantitative estimate of drug-likeness (QED) is 0.609. The van der Waals surface area contributed by atoms with Crippen LogP contribution in [0.4, 0.5) is 0 Å².